The molecule has 2 aromatic rings. The van der Waals surface area contributed by atoms with Crippen molar-refractivity contribution in [3.63, 3.8) is 0 Å². The number of nitrogens with zero attached hydrogens (tertiary/aromatic N) is 1. The number of halogens is 1. The molecule has 0 amide bonds. The number of hydrogen-bond acceptors (Lipinski definition) is 4. The largest absolute Gasteiger partial charge is 0.487 e. The van der Waals surface area contributed by atoms with E-state index >= 15 is 0 Å². The second kappa shape index (κ2) is 5.79. The summed E-state index contributed by atoms with van der Waals surface area (Å²) in [6.07, 6.45) is 3.33. The molecule has 4 nitrogen and oxygen atoms in total. The summed E-state index contributed by atoms with van der Waals surface area (Å²) in [6.45, 7) is 2.03. The zero-order valence-electron chi connectivity index (χ0n) is 10.2. The van der Waals surface area contributed by atoms with Gasteiger partial charge in [-0.25, -0.2) is 9.18 Å². The van der Waals surface area contributed by atoms with Crippen LogP contribution in [0.4, 0.5) is 4.39 Å². The molecule has 2 rings (SSSR count). The van der Waals surface area contributed by atoms with Crippen LogP contribution in [-0.4, -0.2) is 16.1 Å². The van der Waals surface area contributed by atoms with Gasteiger partial charge in [0.1, 0.15) is 18.2 Å². The van der Waals surface area contributed by atoms with E-state index in [2.05, 4.69) is 4.98 Å². The van der Waals surface area contributed by atoms with E-state index < -0.39 is 11.8 Å². The van der Waals surface area contributed by atoms with Crippen LogP contribution in [0.15, 0.2) is 24.5 Å². The Kier molecular flexibility index (Phi) is 4.11. The molecule has 0 unspecified atom stereocenters. The van der Waals surface area contributed by atoms with Gasteiger partial charge in [0.05, 0.1) is 6.20 Å². The topological polar surface area (TPSA) is 59.4 Å². The SMILES string of the molecule is CCc1cc(OCc2cncc(F)c2)c(C(=O)O)s1. The smallest absolute Gasteiger partial charge is 0.349 e. The van der Waals surface area contributed by atoms with Crippen molar-refractivity contribution in [3.05, 3.63) is 45.7 Å². The highest BCUT2D eigenvalue weighted by Crippen LogP contribution is 2.30. The predicted molar refractivity (Wildman–Crippen MR) is 69.2 cm³/mol. The molecular formula is C13H12FNO3S. The van der Waals surface area contributed by atoms with E-state index in [0.29, 0.717) is 11.3 Å². The Labute approximate surface area is 113 Å². The summed E-state index contributed by atoms with van der Waals surface area (Å²) in [7, 11) is 0. The molecular weight excluding hydrogens is 269 g/mol. The highest BCUT2D eigenvalue weighted by molar-refractivity contribution is 7.14. The van der Waals surface area contributed by atoms with Crippen LogP contribution in [-0.2, 0) is 13.0 Å². The van der Waals surface area contributed by atoms with Crippen LogP contribution in [0.5, 0.6) is 5.75 Å². The number of rotatable bonds is 5. The fraction of sp³-hybridized carbons (Fsp3) is 0.231. The van der Waals surface area contributed by atoms with E-state index in [1.807, 2.05) is 6.92 Å². The number of aromatic nitrogens is 1. The molecule has 100 valence electrons. The van der Waals surface area contributed by atoms with Gasteiger partial charge >= 0.3 is 5.97 Å². The van der Waals surface area contributed by atoms with E-state index in [1.54, 1.807) is 6.07 Å². The van der Waals surface area contributed by atoms with Gasteiger partial charge in [0.25, 0.3) is 0 Å². The molecule has 0 bridgehead atoms. The van der Waals surface area contributed by atoms with Crippen molar-refractivity contribution in [3.8, 4) is 5.75 Å². The normalized spacial score (nSPS) is 10.4. The van der Waals surface area contributed by atoms with Crippen molar-refractivity contribution in [1.29, 1.82) is 0 Å². The second-order valence-corrected chi connectivity index (χ2v) is 5.00. The highest BCUT2D eigenvalue weighted by Gasteiger charge is 2.16. The first-order valence-corrected chi connectivity index (χ1v) is 6.50. The lowest BCUT2D eigenvalue weighted by atomic mass is 10.3. The summed E-state index contributed by atoms with van der Waals surface area (Å²) in [5, 5.41) is 9.07. The van der Waals surface area contributed by atoms with Crippen LogP contribution in [0.3, 0.4) is 0 Å². The van der Waals surface area contributed by atoms with Gasteiger partial charge in [-0.2, -0.15) is 0 Å². The number of carboxylic acids is 1. The molecule has 0 radical (unpaired) electrons. The number of ether oxygens (including phenoxy) is 1. The number of pyridine rings is 1. The average molecular weight is 281 g/mol. The number of carbonyl (C=O) groups is 1. The van der Waals surface area contributed by atoms with Gasteiger partial charge in [0.2, 0.25) is 0 Å². The maximum absolute atomic E-state index is 12.9. The summed E-state index contributed by atoms with van der Waals surface area (Å²) in [6, 6.07) is 3.02. The maximum atomic E-state index is 12.9. The van der Waals surface area contributed by atoms with E-state index in [1.165, 1.54) is 23.6 Å². The third-order valence-corrected chi connectivity index (χ3v) is 3.70. The molecule has 2 heterocycles. The van der Waals surface area contributed by atoms with Crippen LogP contribution >= 0.6 is 11.3 Å². The number of aromatic carboxylic acids is 1. The Bertz CT molecular complexity index is 597. The molecule has 6 heteroatoms. The first-order chi connectivity index (χ1) is 9.10. The summed E-state index contributed by atoms with van der Waals surface area (Å²) in [4.78, 5) is 15.9. The van der Waals surface area contributed by atoms with Gasteiger partial charge in [-0.1, -0.05) is 6.92 Å². The molecule has 0 saturated carbocycles. The van der Waals surface area contributed by atoms with E-state index in [-0.39, 0.29) is 11.5 Å². The third-order valence-electron chi connectivity index (χ3n) is 2.45. The molecule has 2 aromatic heterocycles. The van der Waals surface area contributed by atoms with Crippen LogP contribution in [0, 0.1) is 5.82 Å². The van der Waals surface area contributed by atoms with Crippen LogP contribution in [0.1, 0.15) is 27.0 Å². The molecule has 0 aromatic carbocycles. The monoisotopic (exact) mass is 281 g/mol. The summed E-state index contributed by atoms with van der Waals surface area (Å²) in [5.74, 6) is -1.14. The molecule has 1 N–H and O–H groups in total. The number of thiophene rings is 1. The maximum Gasteiger partial charge on any atom is 0.349 e. The molecule has 19 heavy (non-hydrogen) atoms. The van der Waals surface area contributed by atoms with E-state index in [9.17, 15) is 9.18 Å². The molecule has 0 fully saturated rings. The molecule has 0 aliphatic rings. The molecule has 0 saturated heterocycles. The van der Waals surface area contributed by atoms with E-state index in [4.69, 9.17) is 9.84 Å². The third kappa shape index (κ3) is 3.29. The van der Waals surface area contributed by atoms with Gasteiger partial charge in [-0.05, 0) is 18.6 Å². The standard InChI is InChI=1S/C13H12FNO3S/c1-2-10-4-11(12(19-10)13(16)17)18-7-8-3-9(14)6-15-5-8/h3-6H,2,7H2,1H3,(H,16,17). The lowest BCUT2D eigenvalue weighted by Gasteiger charge is -2.05. The predicted octanol–water partition coefficient (Wildman–Crippen LogP) is 3.12. The lowest BCUT2D eigenvalue weighted by Crippen LogP contribution is -2.00. The number of carboxylic acid groups (broad SMARTS) is 1. The van der Waals surface area contributed by atoms with Crippen molar-refractivity contribution in [2.75, 3.05) is 0 Å². The van der Waals surface area contributed by atoms with Crippen molar-refractivity contribution in [1.82, 2.24) is 4.98 Å². The molecule has 0 aliphatic heterocycles. The van der Waals surface area contributed by atoms with Crippen molar-refractivity contribution >= 4 is 17.3 Å². The Morgan fingerprint density at radius 3 is 2.89 bits per heavy atom. The minimum Gasteiger partial charge on any atom is -0.487 e. The first-order valence-electron chi connectivity index (χ1n) is 5.68. The van der Waals surface area contributed by atoms with Crippen molar-refractivity contribution in [2.24, 2.45) is 0 Å². The van der Waals surface area contributed by atoms with Gasteiger partial charge in [-0.3, -0.25) is 4.98 Å². The van der Waals surface area contributed by atoms with Crippen LogP contribution in [0.2, 0.25) is 0 Å². The Morgan fingerprint density at radius 2 is 2.26 bits per heavy atom. The van der Waals surface area contributed by atoms with Gasteiger partial charge in [0.15, 0.2) is 4.88 Å². The number of aryl methyl sites for hydroxylation is 1. The fourth-order valence-electron chi connectivity index (χ4n) is 1.55. The van der Waals surface area contributed by atoms with Crippen LogP contribution in [0.25, 0.3) is 0 Å². The minimum atomic E-state index is -1.02. The zero-order valence-corrected chi connectivity index (χ0v) is 11.0. The van der Waals surface area contributed by atoms with Crippen molar-refractivity contribution < 1.29 is 19.0 Å². The summed E-state index contributed by atoms with van der Waals surface area (Å²) < 4.78 is 18.4. The quantitative estimate of drug-likeness (QED) is 0.914. The van der Waals surface area contributed by atoms with Gasteiger partial charge in [0, 0.05) is 16.6 Å². The van der Waals surface area contributed by atoms with E-state index in [0.717, 1.165) is 17.5 Å². The Hall–Kier alpha value is -1.95. The minimum absolute atomic E-state index is 0.0882. The Balaban J connectivity index is 2.14. The fourth-order valence-corrected chi connectivity index (χ4v) is 2.43. The molecule has 0 aliphatic carbocycles. The summed E-state index contributed by atoms with van der Waals surface area (Å²) in [5.41, 5.74) is 0.556. The number of hydrogen-bond donors (Lipinski definition) is 1. The van der Waals surface area contributed by atoms with Crippen LogP contribution < -0.4 is 4.74 Å². The Morgan fingerprint density at radius 1 is 1.47 bits per heavy atom. The zero-order chi connectivity index (χ0) is 13.8. The van der Waals surface area contributed by atoms with Crippen molar-refractivity contribution in [2.45, 2.75) is 20.0 Å². The average Bonchev–Trinajstić information content (AvgIpc) is 2.80. The first kappa shape index (κ1) is 13.5. The molecule has 0 atom stereocenters. The lowest BCUT2D eigenvalue weighted by molar-refractivity contribution is 0.0697. The highest BCUT2D eigenvalue weighted by atomic mass is 32.1. The summed E-state index contributed by atoms with van der Waals surface area (Å²) >= 11 is 1.19. The molecule has 0 spiro atoms. The second-order valence-electron chi connectivity index (χ2n) is 3.86. The van der Waals surface area contributed by atoms with Gasteiger partial charge in [-0.15, -0.1) is 11.3 Å². The van der Waals surface area contributed by atoms with Gasteiger partial charge < -0.3 is 9.84 Å².